The van der Waals surface area contributed by atoms with E-state index in [0.717, 1.165) is 30.6 Å². The zero-order valence-corrected chi connectivity index (χ0v) is 17.5. The number of hydrogen-bond donors (Lipinski definition) is 2. The van der Waals surface area contributed by atoms with Crippen molar-refractivity contribution in [1.29, 1.82) is 0 Å². The number of aryl methyl sites for hydroxylation is 1. The van der Waals surface area contributed by atoms with Crippen LogP contribution in [0.3, 0.4) is 0 Å². The third kappa shape index (κ3) is 4.49. The van der Waals surface area contributed by atoms with Gasteiger partial charge < -0.3 is 20.1 Å². The van der Waals surface area contributed by atoms with Crippen LogP contribution in [0.5, 0.6) is 0 Å². The molecule has 1 atom stereocenters. The van der Waals surface area contributed by atoms with Crippen LogP contribution in [-0.2, 0) is 20.7 Å². The van der Waals surface area contributed by atoms with Gasteiger partial charge in [-0.15, -0.1) is 11.3 Å². The zero-order chi connectivity index (χ0) is 21.0. The summed E-state index contributed by atoms with van der Waals surface area (Å²) < 4.78 is 9.57. The van der Waals surface area contributed by atoms with Crippen molar-refractivity contribution >= 4 is 34.2 Å². The first-order chi connectivity index (χ1) is 14.0. The molecule has 8 heteroatoms. The Balaban J connectivity index is 1.72. The smallest absolute Gasteiger partial charge is 0.348 e. The minimum absolute atomic E-state index is 0.0874. The number of thiophene rings is 1. The molecule has 1 aromatic carbocycles. The number of amides is 1. The normalized spacial score (nSPS) is 15.3. The fraction of sp³-hybridized carbons (Fsp3) is 0.381. The van der Waals surface area contributed by atoms with Gasteiger partial charge in [-0.3, -0.25) is 4.79 Å². The average Bonchev–Trinajstić information content (AvgIpc) is 3.06. The highest BCUT2D eigenvalue weighted by molar-refractivity contribution is 7.18. The summed E-state index contributed by atoms with van der Waals surface area (Å²) in [5, 5.41) is 6.32. The van der Waals surface area contributed by atoms with E-state index in [1.165, 1.54) is 25.3 Å². The first-order valence-electron chi connectivity index (χ1n) is 9.37. The molecule has 0 bridgehead atoms. The lowest BCUT2D eigenvalue weighted by Gasteiger charge is -2.26. The molecule has 0 aliphatic heterocycles. The van der Waals surface area contributed by atoms with E-state index in [2.05, 4.69) is 22.8 Å². The summed E-state index contributed by atoms with van der Waals surface area (Å²) in [6, 6.07) is 8.35. The van der Waals surface area contributed by atoms with Gasteiger partial charge in [0.2, 0.25) is 5.91 Å². The minimum Gasteiger partial charge on any atom is -0.465 e. The Morgan fingerprint density at radius 2 is 1.86 bits per heavy atom. The molecule has 29 heavy (non-hydrogen) atoms. The van der Waals surface area contributed by atoms with Crippen molar-refractivity contribution < 1.29 is 23.9 Å². The predicted molar refractivity (Wildman–Crippen MR) is 110 cm³/mol. The van der Waals surface area contributed by atoms with Crippen LogP contribution in [0.4, 0.5) is 5.00 Å². The topological polar surface area (TPSA) is 93.7 Å². The molecule has 1 aromatic heterocycles. The van der Waals surface area contributed by atoms with Crippen LogP contribution < -0.4 is 10.6 Å². The highest BCUT2D eigenvalue weighted by Gasteiger charge is 2.27. The number of fused-ring (bicyclic) bond motifs is 1. The number of rotatable bonds is 6. The van der Waals surface area contributed by atoms with Gasteiger partial charge in [-0.2, -0.15) is 0 Å². The zero-order valence-electron chi connectivity index (χ0n) is 16.7. The van der Waals surface area contributed by atoms with Gasteiger partial charge in [0.15, 0.2) is 0 Å². The van der Waals surface area contributed by atoms with Crippen LogP contribution in [0.15, 0.2) is 24.3 Å². The summed E-state index contributed by atoms with van der Waals surface area (Å²) in [7, 11) is 2.52. The number of carbonyl (C=O) groups is 3. The van der Waals surface area contributed by atoms with Gasteiger partial charge in [0.05, 0.1) is 26.3 Å². The maximum absolute atomic E-state index is 12.6. The molecule has 1 aliphatic carbocycles. The van der Waals surface area contributed by atoms with Gasteiger partial charge in [-0.1, -0.05) is 24.3 Å². The van der Waals surface area contributed by atoms with Crippen LogP contribution in [0, 0.1) is 6.92 Å². The third-order valence-electron chi connectivity index (χ3n) is 5.04. The molecule has 2 aromatic rings. The Hall–Kier alpha value is -2.71. The summed E-state index contributed by atoms with van der Waals surface area (Å²) in [6.45, 7) is 1.71. The Bertz CT molecular complexity index is 937. The molecular formula is C21H24N2O5S. The molecule has 0 fully saturated rings. The Labute approximate surface area is 173 Å². The maximum Gasteiger partial charge on any atom is 0.348 e. The Kier molecular flexibility index (Phi) is 6.66. The van der Waals surface area contributed by atoms with Crippen LogP contribution in [0.1, 0.15) is 55.6 Å². The van der Waals surface area contributed by atoms with Gasteiger partial charge in [0.25, 0.3) is 0 Å². The molecule has 1 amide bonds. The van der Waals surface area contributed by atoms with Gasteiger partial charge >= 0.3 is 11.9 Å². The Morgan fingerprint density at radius 3 is 2.59 bits per heavy atom. The molecule has 1 heterocycles. The minimum atomic E-state index is -0.613. The van der Waals surface area contributed by atoms with E-state index in [1.807, 2.05) is 12.1 Å². The average molecular weight is 416 g/mol. The number of ether oxygens (including phenoxy) is 2. The van der Waals surface area contributed by atoms with Crippen LogP contribution in [-0.4, -0.2) is 38.6 Å². The second-order valence-corrected chi connectivity index (χ2v) is 7.84. The van der Waals surface area contributed by atoms with Crippen molar-refractivity contribution in [2.75, 3.05) is 26.1 Å². The van der Waals surface area contributed by atoms with E-state index in [-0.39, 0.29) is 33.9 Å². The first-order valence-corrected chi connectivity index (χ1v) is 10.2. The molecule has 0 saturated heterocycles. The monoisotopic (exact) mass is 416 g/mol. The quantitative estimate of drug-likeness (QED) is 0.702. The largest absolute Gasteiger partial charge is 0.465 e. The molecule has 2 N–H and O–H groups in total. The fourth-order valence-electron chi connectivity index (χ4n) is 3.59. The molecule has 0 spiro atoms. The number of methoxy groups -OCH3 is 2. The molecule has 7 nitrogen and oxygen atoms in total. The van der Waals surface area contributed by atoms with E-state index < -0.39 is 11.9 Å². The lowest BCUT2D eigenvalue weighted by molar-refractivity contribution is -0.115. The highest BCUT2D eigenvalue weighted by Crippen LogP contribution is 2.34. The van der Waals surface area contributed by atoms with Crippen molar-refractivity contribution in [2.45, 2.75) is 32.2 Å². The highest BCUT2D eigenvalue weighted by atomic mass is 32.1. The van der Waals surface area contributed by atoms with Crippen molar-refractivity contribution in [3.63, 3.8) is 0 Å². The number of carbonyl (C=O) groups excluding carboxylic acids is 3. The van der Waals surface area contributed by atoms with Crippen LogP contribution in [0.2, 0.25) is 0 Å². The van der Waals surface area contributed by atoms with Crippen molar-refractivity contribution in [2.24, 2.45) is 0 Å². The first kappa shape index (κ1) is 21.0. The van der Waals surface area contributed by atoms with E-state index in [9.17, 15) is 14.4 Å². The van der Waals surface area contributed by atoms with E-state index >= 15 is 0 Å². The van der Waals surface area contributed by atoms with Crippen molar-refractivity contribution in [1.82, 2.24) is 5.32 Å². The molecule has 0 saturated carbocycles. The second kappa shape index (κ2) is 9.19. The summed E-state index contributed by atoms with van der Waals surface area (Å²) >= 11 is 1.01. The molecule has 1 aliphatic rings. The number of esters is 2. The summed E-state index contributed by atoms with van der Waals surface area (Å²) in [5.74, 6) is -1.47. The lowest BCUT2D eigenvalue weighted by Crippen LogP contribution is -2.33. The summed E-state index contributed by atoms with van der Waals surface area (Å²) in [6.07, 6.45) is 3.07. The molecule has 3 rings (SSSR count). The van der Waals surface area contributed by atoms with Gasteiger partial charge in [0, 0.05) is 6.04 Å². The number of hydrogen-bond acceptors (Lipinski definition) is 7. The van der Waals surface area contributed by atoms with Gasteiger partial charge in [-0.25, -0.2) is 9.59 Å². The predicted octanol–water partition coefficient (Wildman–Crippen LogP) is 3.24. The van der Waals surface area contributed by atoms with E-state index in [4.69, 9.17) is 9.47 Å². The van der Waals surface area contributed by atoms with Gasteiger partial charge in [-0.05, 0) is 42.9 Å². The van der Waals surface area contributed by atoms with Crippen LogP contribution >= 0.6 is 11.3 Å². The van der Waals surface area contributed by atoms with E-state index in [0.29, 0.717) is 5.56 Å². The van der Waals surface area contributed by atoms with E-state index in [1.54, 1.807) is 6.92 Å². The Morgan fingerprint density at radius 1 is 1.14 bits per heavy atom. The number of nitrogens with one attached hydrogen (secondary N) is 2. The third-order valence-corrected chi connectivity index (χ3v) is 6.23. The van der Waals surface area contributed by atoms with Crippen LogP contribution in [0.25, 0.3) is 0 Å². The molecule has 0 radical (unpaired) electrons. The van der Waals surface area contributed by atoms with Crippen molar-refractivity contribution in [3.8, 4) is 0 Å². The van der Waals surface area contributed by atoms with Crippen molar-refractivity contribution in [3.05, 3.63) is 51.4 Å². The SMILES string of the molecule is COC(=O)c1sc(NC(=O)CN[C@@H]2CCCc3ccccc32)c(C(=O)OC)c1C. The lowest BCUT2D eigenvalue weighted by atomic mass is 9.88. The maximum atomic E-state index is 12.6. The standard InChI is InChI=1S/C21H24N2O5S/c1-12-17(20(25)27-2)19(29-18(12)21(26)28-3)23-16(24)11-22-15-10-6-8-13-7-4-5-9-14(13)15/h4-5,7,9,15,22H,6,8,10-11H2,1-3H3,(H,23,24)/t15-/m1/s1. The number of benzene rings is 1. The second-order valence-electron chi connectivity index (χ2n) is 6.82. The molecular weight excluding hydrogens is 392 g/mol. The fourth-order valence-corrected chi connectivity index (χ4v) is 4.72. The summed E-state index contributed by atoms with van der Waals surface area (Å²) in [5.41, 5.74) is 3.13. The summed E-state index contributed by atoms with van der Waals surface area (Å²) in [4.78, 5) is 36.9. The number of anilines is 1. The molecule has 0 unspecified atom stereocenters. The van der Waals surface area contributed by atoms with Gasteiger partial charge in [0.1, 0.15) is 9.88 Å². The molecule has 154 valence electrons.